The van der Waals surface area contributed by atoms with Crippen LogP contribution in [-0.4, -0.2) is 49.0 Å². The highest BCUT2D eigenvalue weighted by atomic mass is 19.4. The molecule has 1 aliphatic heterocycles. The summed E-state index contributed by atoms with van der Waals surface area (Å²) in [5, 5.41) is 2.90. The van der Waals surface area contributed by atoms with Gasteiger partial charge in [-0.25, -0.2) is 4.79 Å². The smallest absolute Gasteiger partial charge is 0.416 e. The number of alkyl halides is 3. The summed E-state index contributed by atoms with van der Waals surface area (Å²) >= 11 is 0. The maximum atomic E-state index is 13.2. The molecule has 1 unspecified atom stereocenters. The Morgan fingerprint density at radius 1 is 0.841 bits per heavy atom. The van der Waals surface area contributed by atoms with E-state index in [1.165, 1.54) is 12.1 Å². The largest absolute Gasteiger partial charge is 0.425 e. The van der Waals surface area contributed by atoms with Crippen LogP contribution >= 0.6 is 0 Å². The molecule has 228 valence electrons. The lowest BCUT2D eigenvalue weighted by atomic mass is 9.98. The van der Waals surface area contributed by atoms with Gasteiger partial charge in [0.05, 0.1) is 5.56 Å². The number of halogens is 3. The third-order valence-electron chi connectivity index (χ3n) is 7.95. The lowest BCUT2D eigenvalue weighted by Gasteiger charge is -2.38. The van der Waals surface area contributed by atoms with E-state index in [2.05, 4.69) is 15.1 Å². The van der Waals surface area contributed by atoms with E-state index >= 15 is 0 Å². The van der Waals surface area contributed by atoms with E-state index in [9.17, 15) is 22.8 Å². The number of rotatable bonds is 8. The first-order chi connectivity index (χ1) is 21.1. The van der Waals surface area contributed by atoms with Crippen molar-refractivity contribution in [3.63, 3.8) is 0 Å². The number of piperazine rings is 1. The van der Waals surface area contributed by atoms with Crippen molar-refractivity contribution in [3.8, 4) is 16.9 Å². The molecule has 4 aromatic rings. The molecule has 0 spiro atoms. The summed E-state index contributed by atoms with van der Waals surface area (Å²) < 4.78 is 44.7. The molecule has 1 fully saturated rings. The summed E-state index contributed by atoms with van der Waals surface area (Å²) in [7, 11) is 0. The Morgan fingerprint density at radius 3 is 2.14 bits per heavy atom. The van der Waals surface area contributed by atoms with E-state index in [1.54, 1.807) is 24.3 Å². The predicted octanol–water partition coefficient (Wildman–Crippen LogP) is 7.30. The zero-order valence-corrected chi connectivity index (χ0v) is 24.6. The highest BCUT2D eigenvalue weighted by Crippen LogP contribution is 2.32. The van der Waals surface area contributed by atoms with Crippen LogP contribution in [0.1, 0.15) is 35.3 Å². The van der Waals surface area contributed by atoms with Crippen molar-refractivity contribution in [3.05, 3.63) is 114 Å². The molecule has 1 amide bonds. The third-order valence-corrected chi connectivity index (χ3v) is 7.95. The van der Waals surface area contributed by atoms with E-state index in [-0.39, 0.29) is 17.9 Å². The first-order valence-corrected chi connectivity index (χ1v) is 14.6. The van der Waals surface area contributed by atoms with E-state index in [1.807, 2.05) is 62.4 Å². The number of hydrogen-bond acceptors (Lipinski definition) is 5. The lowest BCUT2D eigenvalue weighted by Crippen LogP contribution is -2.52. The maximum Gasteiger partial charge on any atom is 0.416 e. The minimum atomic E-state index is -4.43. The Balaban J connectivity index is 1.17. The highest BCUT2D eigenvalue weighted by molar-refractivity contribution is 6.08. The van der Waals surface area contributed by atoms with Gasteiger partial charge in [-0.1, -0.05) is 55.5 Å². The standard InChI is InChI=1S/C35H34F3N3O3/c1-3-25-8-4-7-11-32(25)44-34(43)24(2)40-20-22-41(23-21-40)29-18-16-28(17-19-29)39-33(42)31-10-6-5-9-30(31)26-12-14-27(15-13-26)35(36,37)38/h4-19,24H,3,20-23H2,1-2H3,(H,39,42). The number of nitrogens with one attached hydrogen (secondary N) is 1. The van der Waals surface area contributed by atoms with E-state index in [4.69, 9.17) is 4.74 Å². The Kier molecular flexibility index (Phi) is 9.35. The number of para-hydroxylation sites is 1. The molecule has 1 atom stereocenters. The van der Waals surface area contributed by atoms with Crippen LogP contribution in [-0.2, 0) is 17.4 Å². The Morgan fingerprint density at radius 2 is 1.48 bits per heavy atom. The third kappa shape index (κ3) is 7.11. The summed E-state index contributed by atoms with van der Waals surface area (Å²) in [6, 6.07) is 26.3. The number of anilines is 2. The van der Waals surface area contributed by atoms with Crippen LogP contribution < -0.4 is 15.0 Å². The number of carbonyl (C=O) groups excluding carboxylic acids is 2. The van der Waals surface area contributed by atoms with Gasteiger partial charge in [-0.05, 0) is 78.6 Å². The van der Waals surface area contributed by atoms with Crippen molar-refractivity contribution in [1.82, 2.24) is 4.90 Å². The minimum absolute atomic E-state index is 0.265. The Bertz CT molecular complexity index is 1600. The molecular formula is C35H34F3N3O3. The van der Waals surface area contributed by atoms with Gasteiger partial charge in [0.15, 0.2) is 0 Å². The number of ether oxygens (including phenoxy) is 1. The van der Waals surface area contributed by atoms with E-state index < -0.39 is 11.7 Å². The van der Waals surface area contributed by atoms with Crippen LogP contribution in [0.4, 0.5) is 24.5 Å². The molecular weight excluding hydrogens is 567 g/mol. The van der Waals surface area contributed by atoms with Crippen LogP contribution in [0.15, 0.2) is 97.1 Å². The van der Waals surface area contributed by atoms with Gasteiger partial charge in [-0.2, -0.15) is 13.2 Å². The zero-order chi connectivity index (χ0) is 31.3. The molecule has 1 aliphatic rings. The van der Waals surface area contributed by atoms with Gasteiger partial charge in [0.1, 0.15) is 11.8 Å². The lowest BCUT2D eigenvalue weighted by molar-refractivity contribution is -0.140. The van der Waals surface area contributed by atoms with Gasteiger partial charge in [-0.15, -0.1) is 0 Å². The number of nitrogens with zero attached hydrogens (tertiary/aromatic N) is 2. The average Bonchev–Trinajstić information content (AvgIpc) is 3.04. The molecule has 1 heterocycles. The van der Waals surface area contributed by atoms with Gasteiger partial charge in [0, 0.05) is 43.1 Å². The topological polar surface area (TPSA) is 61.9 Å². The number of amides is 1. The summed E-state index contributed by atoms with van der Waals surface area (Å²) in [4.78, 5) is 30.4. The number of aryl methyl sites for hydroxylation is 1. The Hall–Kier alpha value is -4.63. The molecule has 6 nitrogen and oxygen atoms in total. The molecule has 0 saturated carbocycles. The summed E-state index contributed by atoms with van der Waals surface area (Å²) in [6.07, 6.45) is -3.64. The van der Waals surface area contributed by atoms with Crippen molar-refractivity contribution in [1.29, 1.82) is 0 Å². The molecule has 0 bridgehead atoms. The molecule has 0 aromatic heterocycles. The van der Waals surface area contributed by atoms with Crippen LogP contribution in [0.5, 0.6) is 5.75 Å². The van der Waals surface area contributed by atoms with Crippen LogP contribution in [0.3, 0.4) is 0 Å². The van der Waals surface area contributed by atoms with Gasteiger partial charge in [0.2, 0.25) is 0 Å². The SMILES string of the molecule is CCc1ccccc1OC(=O)C(C)N1CCN(c2ccc(NC(=O)c3ccccc3-c3ccc(C(F)(F)F)cc3)cc2)CC1. The van der Waals surface area contributed by atoms with Gasteiger partial charge < -0.3 is 15.0 Å². The quantitative estimate of drug-likeness (QED) is 0.170. The summed E-state index contributed by atoms with van der Waals surface area (Å²) in [5.74, 6) is -0.00983. The second-order valence-corrected chi connectivity index (χ2v) is 10.7. The van der Waals surface area contributed by atoms with Gasteiger partial charge >= 0.3 is 12.1 Å². The summed E-state index contributed by atoms with van der Waals surface area (Å²) in [5.41, 5.74) is 3.28. The highest BCUT2D eigenvalue weighted by Gasteiger charge is 2.30. The molecule has 0 radical (unpaired) electrons. The van der Waals surface area contributed by atoms with Gasteiger partial charge in [0.25, 0.3) is 5.91 Å². The van der Waals surface area contributed by atoms with Crippen molar-refractivity contribution in [2.45, 2.75) is 32.5 Å². The first kappa shape index (κ1) is 30.8. The monoisotopic (exact) mass is 601 g/mol. The van der Waals surface area contributed by atoms with Crippen molar-refractivity contribution >= 4 is 23.3 Å². The maximum absolute atomic E-state index is 13.2. The molecule has 1 saturated heterocycles. The predicted molar refractivity (Wildman–Crippen MR) is 166 cm³/mol. The first-order valence-electron chi connectivity index (χ1n) is 14.6. The second kappa shape index (κ2) is 13.3. The fraction of sp³-hybridized carbons (Fsp3) is 0.257. The minimum Gasteiger partial charge on any atom is -0.425 e. The van der Waals surface area contributed by atoms with Crippen molar-refractivity contribution in [2.24, 2.45) is 0 Å². The van der Waals surface area contributed by atoms with E-state index in [0.717, 1.165) is 42.9 Å². The van der Waals surface area contributed by atoms with Crippen LogP contribution in [0.2, 0.25) is 0 Å². The normalized spacial score (nSPS) is 14.6. The summed E-state index contributed by atoms with van der Waals surface area (Å²) in [6.45, 7) is 6.77. The van der Waals surface area contributed by atoms with E-state index in [0.29, 0.717) is 41.2 Å². The molecule has 4 aromatic carbocycles. The van der Waals surface area contributed by atoms with Gasteiger partial charge in [-0.3, -0.25) is 9.69 Å². The average molecular weight is 602 g/mol. The number of hydrogen-bond donors (Lipinski definition) is 1. The molecule has 9 heteroatoms. The second-order valence-electron chi connectivity index (χ2n) is 10.7. The zero-order valence-electron chi connectivity index (χ0n) is 24.6. The van der Waals surface area contributed by atoms with Crippen LogP contribution in [0.25, 0.3) is 11.1 Å². The molecule has 1 N–H and O–H groups in total. The van der Waals surface area contributed by atoms with Crippen molar-refractivity contribution in [2.75, 3.05) is 36.4 Å². The fourth-order valence-corrected chi connectivity index (χ4v) is 5.33. The van der Waals surface area contributed by atoms with Crippen LogP contribution in [0, 0.1) is 0 Å². The molecule has 44 heavy (non-hydrogen) atoms. The molecule has 0 aliphatic carbocycles. The number of benzene rings is 4. The fourth-order valence-electron chi connectivity index (χ4n) is 5.33. The molecule has 5 rings (SSSR count). The number of esters is 1. The van der Waals surface area contributed by atoms with Crippen molar-refractivity contribution < 1.29 is 27.5 Å². The Labute approximate surface area is 255 Å². The number of carbonyl (C=O) groups is 2.